The van der Waals surface area contributed by atoms with E-state index in [0.717, 1.165) is 24.4 Å². The van der Waals surface area contributed by atoms with Crippen molar-refractivity contribution in [2.24, 2.45) is 4.99 Å². The minimum Gasteiger partial charge on any atom is -0.719 e. The fourth-order valence-corrected chi connectivity index (χ4v) is 2.85. The number of aromatic nitrogens is 2. The quantitative estimate of drug-likeness (QED) is 0.596. The van der Waals surface area contributed by atoms with Crippen molar-refractivity contribution in [3.05, 3.63) is 46.7 Å². The normalized spacial score (nSPS) is 15.7. The van der Waals surface area contributed by atoms with Gasteiger partial charge < -0.3 is 15.6 Å². The van der Waals surface area contributed by atoms with Crippen molar-refractivity contribution in [1.29, 1.82) is 0 Å². The summed E-state index contributed by atoms with van der Waals surface area (Å²) in [5, 5.41) is 10.5. The molecular weight excluding hydrogens is 496 g/mol. The molecule has 0 fully saturated rings. The Kier molecular flexibility index (Phi) is 6.20. The number of aliphatic imine (C=N–C) groups is 1. The summed E-state index contributed by atoms with van der Waals surface area (Å²) in [4.78, 5) is 8.84. The maximum Gasteiger partial charge on any atom is 2.00 e. The van der Waals surface area contributed by atoms with E-state index >= 15 is 0 Å². The molecule has 0 radical (unpaired) electrons. The van der Waals surface area contributed by atoms with Gasteiger partial charge in [-0.1, -0.05) is 12.5 Å². The standard InChI is InChI=1S/C17H21N5O2.Os/c1-4-7-13-19-10(3)15-17(23)20-16(21-22(13)15)14-11(18)8-6-9-12(14)24-5-2;/h6,9,17-18,23H,4-5,7H2,1-3H3,(H,20,21);/q-2;+2. The van der Waals surface area contributed by atoms with Crippen LogP contribution in [-0.4, -0.2) is 27.2 Å². The van der Waals surface area contributed by atoms with Gasteiger partial charge in [0, 0.05) is 12.2 Å². The average Bonchev–Trinajstić information content (AvgIpc) is 2.85. The van der Waals surface area contributed by atoms with Gasteiger partial charge in [-0.15, -0.1) is 6.07 Å². The van der Waals surface area contributed by atoms with Crippen molar-refractivity contribution in [2.75, 3.05) is 12.0 Å². The van der Waals surface area contributed by atoms with Crippen molar-refractivity contribution < 1.29 is 29.6 Å². The van der Waals surface area contributed by atoms with Gasteiger partial charge in [-0.05, 0) is 20.3 Å². The van der Waals surface area contributed by atoms with E-state index in [4.69, 9.17) is 10.5 Å². The zero-order valence-corrected chi connectivity index (χ0v) is 16.9. The number of fused-ring (bicyclic) bond motifs is 1. The Hall–Kier alpha value is -1.90. The van der Waals surface area contributed by atoms with E-state index in [1.54, 1.807) is 16.8 Å². The van der Waals surface area contributed by atoms with E-state index in [0.29, 0.717) is 29.4 Å². The van der Waals surface area contributed by atoms with Crippen molar-refractivity contribution in [2.45, 2.75) is 39.8 Å². The molecule has 7 nitrogen and oxygen atoms in total. The minimum atomic E-state index is -1.03. The van der Waals surface area contributed by atoms with Crippen LogP contribution in [0.5, 0.6) is 5.75 Å². The van der Waals surface area contributed by atoms with E-state index < -0.39 is 6.23 Å². The van der Waals surface area contributed by atoms with Crippen LogP contribution in [0.15, 0.2) is 17.1 Å². The second-order valence-corrected chi connectivity index (χ2v) is 5.57. The summed E-state index contributed by atoms with van der Waals surface area (Å²) in [6, 6.07) is 6.23. The SMILES string of the molecule is CCCc1nc(C)c2n1NC(c1c([NH-])[c-]ccc1OCC)=NC2O.[Os+2]. The van der Waals surface area contributed by atoms with Crippen LogP contribution in [-0.2, 0) is 26.2 Å². The van der Waals surface area contributed by atoms with Crippen molar-refractivity contribution in [3.63, 3.8) is 0 Å². The third kappa shape index (κ3) is 3.56. The number of benzene rings is 1. The van der Waals surface area contributed by atoms with Gasteiger partial charge in [0.25, 0.3) is 0 Å². The van der Waals surface area contributed by atoms with Crippen LogP contribution < -0.4 is 10.2 Å². The number of hydrogen-bond donors (Lipinski definition) is 2. The number of aliphatic hydroxyl groups is 1. The first-order chi connectivity index (χ1) is 11.6. The van der Waals surface area contributed by atoms with Gasteiger partial charge in [-0.25, -0.2) is 20.3 Å². The Bertz CT molecular complexity index is 788. The molecule has 0 bridgehead atoms. The molecule has 1 unspecified atom stereocenters. The summed E-state index contributed by atoms with van der Waals surface area (Å²) in [5.41, 5.74) is 13.4. The van der Waals surface area contributed by atoms with Crippen LogP contribution in [0.2, 0.25) is 0 Å². The predicted octanol–water partition coefficient (Wildman–Crippen LogP) is 3.02. The number of imidazole rings is 1. The Balaban J connectivity index is 0.00000225. The number of amidine groups is 1. The summed E-state index contributed by atoms with van der Waals surface area (Å²) in [6.07, 6.45) is 0.682. The molecule has 8 heteroatoms. The van der Waals surface area contributed by atoms with Crippen molar-refractivity contribution in [3.8, 4) is 5.75 Å². The van der Waals surface area contributed by atoms with Crippen LogP contribution in [0.25, 0.3) is 5.73 Å². The summed E-state index contributed by atoms with van der Waals surface area (Å²) in [6.45, 7) is 6.29. The maximum absolute atomic E-state index is 10.5. The molecule has 0 aliphatic carbocycles. The largest absolute Gasteiger partial charge is 2.00 e. The molecule has 1 aromatic carbocycles. The first-order valence-corrected chi connectivity index (χ1v) is 8.07. The zero-order chi connectivity index (χ0) is 17.3. The van der Waals surface area contributed by atoms with E-state index in [9.17, 15) is 5.11 Å². The molecule has 25 heavy (non-hydrogen) atoms. The second-order valence-electron chi connectivity index (χ2n) is 5.57. The van der Waals surface area contributed by atoms with Gasteiger partial charge >= 0.3 is 19.8 Å². The number of nitrogens with zero attached hydrogens (tertiary/aromatic N) is 3. The second kappa shape index (κ2) is 7.98. The molecular formula is C17H21N5O2Os. The fraction of sp³-hybridized carbons (Fsp3) is 0.412. The van der Waals surface area contributed by atoms with Crippen molar-refractivity contribution >= 4 is 11.5 Å². The first-order valence-electron chi connectivity index (χ1n) is 8.07. The van der Waals surface area contributed by atoms with Gasteiger partial charge in [0.2, 0.25) is 0 Å². The number of nitrogens with one attached hydrogen (secondary N) is 2. The first kappa shape index (κ1) is 19.4. The Morgan fingerprint density at radius 1 is 1.44 bits per heavy atom. The fourth-order valence-electron chi connectivity index (χ4n) is 2.85. The van der Waals surface area contributed by atoms with Crippen LogP contribution in [0.3, 0.4) is 0 Å². The van der Waals surface area contributed by atoms with Gasteiger partial charge in [-0.3, -0.25) is 5.43 Å². The molecule has 1 atom stereocenters. The Morgan fingerprint density at radius 2 is 2.20 bits per heavy atom. The third-order valence-corrected chi connectivity index (χ3v) is 3.85. The van der Waals surface area contributed by atoms with Gasteiger partial charge in [0.15, 0.2) is 6.23 Å². The predicted molar refractivity (Wildman–Crippen MR) is 92.2 cm³/mol. The van der Waals surface area contributed by atoms with Crippen LogP contribution in [0, 0.1) is 13.0 Å². The molecule has 1 aromatic heterocycles. The molecule has 1 aliphatic heterocycles. The zero-order valence-electron chi connectivity index (χ0n) is 14.4. The summed E-state index contributed by atoms with van der Waals surface area (Å²) < 4.78 is 7.38. The Labute approximate surface area is 160 Å². The van der Waals surface area contributed by atoms with E-state index in [-0.39, 0.29) is 25.5 Å². The van der Waals surface area contributed by atoms with Crippen molar-refractivity contribution in [1.82, 2.24) is 9.66 Å². The number of hydrogen-bond acceptors (Lipinski definition) is 5. The topological polar surface area (TPSA) is 95.5 Å². The monoisotopic (exact) mass is 519 g/mol. The van der Waals surface area contributed by atoms with Crippen LogP contribution in [0.4, 0.5) is 5.69 Å². The van der Waals surface area contributed by atoms with Crippen LogP contribution in [0.1, 0.15) is 49.3 Å². The minimum absolute atomic E-state index is 0. The van der Waals surface area contributed by atoms with Gasteiger partial charge in [0.1, 0.15) is 11.5 Å². The van der Waals surface area contributed by atoms with E-state index in [2.05, 4.69) is 28.4 Å². The number of rotatable bonds is 5. The Morgan fingerprint density at radius 3 is 2.88 bits per heavy atom. The number of ether oxygens (including phenoxy) is 1. The molecule has 0 amide bonds. The summed E-state index contributed by atoms with van der Waals surface area (Å²) in [7, 11) is 0. The maximum atomic E-state index is 10.5. The molecule has 0 saturated carbocycles. The smallest absolute Gasteiger partial charge is 0.719 e. The van der Waals surface area contributed by atoms with E-state index in [1.165, 1.54) is 0 Å². The molecule has 3 rings (SSSR count). The molecule has 0 saturated heterocycles. The van der Waals surface area contributed by atoms with Gasteiger partial charge in [0.05, 0.1) is 18.1 Å². The third-order valence-electron chi connectivity index (χ3n) is 3.85. The summed E-state index contributed by atoms with van der Waals surface area (Å²) >= 11 is 0. The molecule has 134 valence electrons. The van der Waals surface area contributed by atoms with Crippen LogP contribution >= 0.6 is 0 Å². The van der Waals surface area contributed by atoms with Gasteiger partial charge in [-0.2, -0.15) is 12.1 Å². The molecule has 1 aliphatic rings. The molecule has 2 heterocycles. The number of aryl methyl sites for hydroxylation is 2. The molecule has 2 aromatic rings. The molecule has 0 spiro atoms. The van der Waals surface area contributed by atoms with E-state index in [1.807, 2.05) is 13.8 Å². The molecule has 3 N–H and O–H groups in total. The summed E-state index contributed by atoms with van der Waals surface area (Å²) in [5.74, 6) is 1.76. The number of aliphatic hydroxyl groups excluding tert-OH is 1. The average molecular weight is 518 g/mol.